The van der Waals surface area contributed by atoms with E-state index in [4.69, 9.17) is 4.74 Å². The molecule has 1 atom stereocenters. The summed E-state index contributed by atoms with van der Waals surface area (Å²) in [4.78, 5) is 13.2. The van der Waals surface area contributed by atoms with Crippen molar-refractivity contribution in [2.75, 3.05) is 5.32 Å². The van der Waals surface area contributed by atoms with Crippen molar-refractivity contribution >= 4 is 52.0 Å². The van der Waals surface area contributed by atoms with Gasteiger partial charge in [-0.3, -0.25) is 4.79 Å². The molecule has 0 spiro atoms. The molecular formula is C25H23IN2O2S. The van der Waals surface area contributed by atoms with Crippen molar-refractivity contribution in [1.82, 2.24) is 5.32 Å². The molecule has 1 saturated heterocycles. The zero-order chi connectivity index (χ0) is 21.6. The normalized spacial score (nSPS) is 16.9. The van der Waals surface area contributed by atoms with E-state index in [0.29, 0.717) is 11.5 Å². The lowest BCUT2D eigenvalue weighted by Crippen LogP contribution is -2.30. The summed E-state index contributed by atoms with van der Waals surface area (Å²) in [5, 5.41) is 6.35. The van der Waals surface area contributed by atoms with Crippen LogP contribution in [0.1, 0.15) is 23.6 Å². The first-order valence-electron chi connectivity index (χ1n) is 10.1. The van der Waals surface area contributed by atoms with Gasteiger partial charge in [0, 0.05) is 14.8 Å². The summed E-state index contributed by atoms with van der Waals surface area (Å²) >= 11 is 3.76. The molecule has 0 unspecified atom stereocenters. The summed E-state index contributed by atoms with van der Waals surface area (Å²) in [5.41, 5.74) is 4.06. The highest BCUT2D eigenvalue weighted by molar-refractivity contribution is 14.1. The van der Waals surface area contributed by atoms with E-state index < -0.39 is 0 Å². The Kier molecular flexibility index (Phi) is 7.19. The van der Waals surface area contributed by atoms with Crippen molar-refractivity contribution < 1.29 is 9.53 Å². The van der Waals surface area contributed by atoms with Crippen LogP contribution in [0.15, 0.2) is 77.7 Å². The molecular weight excluding hydrogens is 519 g/mol. The number of carbonyl (C=O) groups excluding carboxylic acids is 1. The Hall–Kier alpha value is -2.45. The van der Waals surface area contributed by atoms with Gasteiger partial charge in [-0.1, -0.05) is 61.2 Å². The molecule has 0 saturated carbocycles. The van der Waals surface area contributed by atoms with Crippen molar-refractivity contribution in [2.45, 2.75) is 25.4 Å². The number of thioether (sulfide) groups is 1. The van der Waals surface area contributed by atoms with Crippen molar-refractivity contribution in [3.8, 4) is 5.75 Å². The number of aryl methyl sites for hydroxylation is 1. The van der Waals surface area contributed by atoms with Crippen molar-refractivity contribution in [3.63, 3.8) is 0 Å². The van der Waals surface area contributed by atoms with Gasteiger partial charge in [0.15, 0.2) is 5.50 Å². The van der Waals surface area contributed by atoms with E-state index in [1.165, 1.54) is 20.9 Å². The van der Waals surface area contributed by atoms with Crippen LogP contribution in [0.25, 0.3) is 6.08 Å². The van der Waals surface area contributed by atoms with E-state index in [1.807, 2.05) is 42.5 Å². The monoisotopic (exact) mass is 542 g/mol. The number of halogens is 1. The SMILES string of the molecule is CCc1ccc(N[C@@H]2NC(=O)/C(=C/c3ccccc3OCc3ccc(I)cc3)S2)cc1. The van der Waals surface area contributed by atoms with Crippen LogP contribution in [0.3, 0.4) is 0 Å². The second-order valence-electron chi connectivity index (χ2n) is 7.13. The molecule has 6 heteroatoms. The maximum Gasteiger partial charge on any atom is 0.260 e. The molecule has 1 fully saturated rings. The van der Waals surface area contributed by atoms with Gasteiger partial charge in [-0.2, -0.15) is 0 Å². The van der Waals surface area contributed by atoms with Gasteiger partial charge in [-0.15, -0.1) is 0 Å². The molecule has 0 bridgehead atoms. The Morgan fingerprint density at radius 3 is 2.48 bits per heavy atom. The molecule has 2 N–H and O–H groups in total. The van der Waals surface area contributed by atoms with Gasteiger partial charge >= 0.3 is 0 Å². The van der Waals surface area contributed by atoms with Gasteiger partial charge in [-0.05, 0) is 76.5 Å². The van der Waals surface area contributed by atoms with Gasteiger partial charge in [0.05, 0.1) is 4.91 Å². The van der Waals surface area contributed by atoms with Crippen LogP contribution < -0.4 is 15.4 Å². The van der Waals surface area contributed by atoms with Crippen LogP contribution >= 0.6 is 34.4 Å². The van der Waals surface area contributed by atoms with Gasteiger partial charge < -0.3 is 15.4 Å². The maximum atomic E-state index is 12.5. The summed E-state index contributed by atoms with van der Waals surface area (Å²) < 4.78 is 7.24. The third-order valence-corrected chi connectivity index (χ3v) is 6.65. The van der Waals surface area contributed by atoms with E-state index in [0.717, 1.165) is 29.0 Å². The number of hydrogen-bond acceptors (Lipinski definition) is 4. The number of amides is 1. The second-order valence-corrected chi connectivity index (χ2v) is 9.52. The van der Waals surface area contributed by atoms with E-state index in [9.17, 15) is 4.79 Å². The van der Waals surface area contributed by atoms with Crippen LogP contribution in [0.4, 0.5) is 5.69 Å². The average molecular weight is 542 g/mol. The highest BCUT2D eigenvalue weighted by Gasteiger charge is 2.27. The van der Waals surface area contributed by atoms with E-state index >= 15 is 0 Å². The predicted octanol–water partition coefficient (Wildman–Crippen LogP) is 6.03. The van der Waals surface area contributed by atoms with Gasteiger partial charge in [0.25, 0.3) is 5.91 Å². The minimum atomic E-state index is -0.203. The predicted molar refractivity (Wildman–Crippen MR) is 137 cm³/mol. The Morgan fingerprint density at radius 1 is 1.03 bits per heavy atom. The Balaban J connectivity index is 1.44. The molecule has 158 valence electrons. The molecule has 1 heterocycles. The molecule has 0 radical (unpaired) electrons. The fourth-order valence-corrected chi connectivity index (χ4v) is 4.50. The van der Waals surface area contributed by atoms with Crippen molar-refractivity contribution in [3.05, 3.63) is 98.0 Å². The number of nitrogens with one attached hydrogen (secondary N) is 2. The van der Waals surface area contributed by atoms with Crippen LogP contribution in [0.2, 0.25) is 0 Å². The molecule has 0 aromatic heterocycles. The minimum absolute atomic E-state index is 0.0832. The minimum Gasteiger partial charge on any atom is -0.488 e. The zero-order valence-corrected chi connectivity index (χ0v) is 20.1. The first-order valence-corrected chi connectivity index (χ1v) is 12.1. The standard InChI is InChI=1S/C25H23IN2O2S/c1-2-17-9-13-21(14-10-17)27-25-28-24(29)23(31-25)15-19-5-3-4-6-22(19)30-16-18-7-11-20(26)12-8-18/h3-15,25,27H,2,16H2,1H3,(H,28,29)/b23-15-/t25-/m1/s1. The first kappa shape index (κ1) is 21.8. The first-order chi connectivity index (χ1) is 15.1. The summed E-state index contributed by atoms with van der Waals surface area (Å²) in [6, 6.07) is 24.3. The largest absolute Gasteiger partial charge is 0.488 e. The fraction of sp³-hybridized carbons (Fsp3) is 0.160. The van der Waals surface area contributed by atoms with E-state index in [2.05, 4.69) is 76.5 Å². The van der Waals surface area contributed by atoms with Crippen molar-refractivity contribution in [2.24, 2.45) is 0 Å². The number of ether oxygens (including phenoxy) is 1. The zero-order valence-electron chi connectivity index (χ0n) is 17.1. The Labute approximate surface area is 200 Å². The molecule has 4 rings (SSSR count). The van der Waals surface area contributed by atoms with Gasteiger partial charge in [0.2, 0.25) is 0 Å². The topological polar surface area (TPSA) is 50.4 Å². The highest BCUT2D eigenvalue weighted by Crippen LogP contribution is 2.32. The molecule has 1 amide bonds. The maximum absolute atomic E-state index is 12.5. The smallest absolute Gasteiger partial charge is 0.260 e. The molecule has 0 aliphatic carbocycles. The number of para-hydroxylation sites is 1. The number of hydrogen-bond donors (Lipinski definition) is 2. The second kappa shape index (κ2) is 10.2. The van der Waals surface area contributed by atoms with Crippen LogP contribution in [-0.2, 0) is 17.8 Å². The molecule has 31 heavy (non-hydrogen) atoms. The quantitative estimate of drug-likeness (QED) is 0.283. The molecule has 3 aromatic rings. The summed E-state index contributed by atoms with van der Waals surface area (Å²) in [7, 11) is 0. The third-order valence-electron chi connectivity index (χ3n) is 4.90. The Morgan fingerprint density at radius 2 is 1.74 bits per heavy atom. The summed E-state index contributed by atoms with van der Waals surface area (Å²) in [6.45, 7) is 2.61. The average Bonchev–Trinajstić information content (AvgIpc) is 3.13. The number of anilines is 1. The van der Waals surface area contributed by atoms with Gasteiger partial charge in [-0.25, -0.2) is 0 Å². The third kappa shape index (κ3) is 5.83. The number of carbonyl (C=O) groups is 1. The summed E-state index contributed by atoms with van der Waals surface area (Å²) in [5.74, 6) is 0.675. The van der Waals surface area contributed by atoms with Gasteiger partial charge in [0.1, 0.15) is 12.4 Å². The molecule has 1 aliphatic heterocycles. The Bertz CT molecular complexity index is 1080. The number of benzene rings is 3. The van der Waals surface area contributed by atoms with E-state index in [1.54, 1.807) is 0 Å². The molecule has 4 nitrogen and oxygen atoms in total. The van der Waals surface area contributed by atoms with Crippen LogP contribution in [0, 0.1) is 3.57 Å². The van der Waals surface area contributed by atoms with Crippen LogP contribution in [0.5, 0.6) is 5.75 Å². The highest BCUT2D eigenvalue weighted by atomic mass is 127. The summed E-state index contributed by atoms with van der Waals surface area (Å²) in [6.07, 6.45) is 2.90. The fourth-order valence-electron chi connectivity index (χ4n) is 3.17. The molecule has 1 aliphatic rings. The molecule has 3 aromatic carbocycles. The lowest BCUT2D eigenvalue weighted by atomic mass is 10.1. The lowest BCUT2D eigenvalue weighted by Gasteiger charge is -2.13. The van der Waals surface area contributed by atoms with Crippen molar-refractivity contribution in [1.29, 1.82) is 0 Å². The number of rotatable bonds is 7. The van der Waals surface area contributed by atoms with Crippen LogP contribution in [-0.4, -0.2) is 11.4 Å². The van der Waals surface area contributed by atoms with E-state index in [-0.39, 0.29) is 11.4 Å². The lowest BCUT2D eigenvalue weighted by molar-refractivity contribution is -0.116.